The molecule has 3 rings (SSSR count). The molecule has 2 N–H and O–H groups in total. The highest BCUT2D eigenvalue weighted by Crippen LogP contribution is 2.39. The number of H-pyrrole nitrogens is 1. The van der Waals surface area contributed by atoms with E-state index in [1.807, 2.05) is 5.10 Å². The third-order valence-electron chi connectivity index (χ3n) is 3.89. The number of anilines is 1. The number of alkyl halides is 3. The van der Waals surface area contributed by atoms with Crippen LogP contribution in [0.4, 0.5) is 19.0 Å². The van der Waals surface area contributed by atoms with E-state index in [0.29, 0.717) is 16.9 Å². The van der Waals surface area contributed by atoms with E-state index in [-0.39, 0.29) is 17.8 Å². The number of rotatable bonds is 5. The number of carbonyl (C=O) groups excluding carboxylic acids is 1. The van der Waals surface area contributed by atoms with Gasteiger partial charge >= 0.3 is 6.18 Å². The molecule has 0 aliphatic rings. The molecule has 0 unspecified atom stereocenters. The van der Waals surface area contributed by atoms with E-state index in [2.05, 4.69) is 10.4 Å². The Hall–Kier alpha value is -3.29. The summed E-state index contributed by atoms with van der Waals surface area (Å²) in [5.74, 6) is 0.0113. The second-order valence-corrected chi connectivity index (χ2v) is 5.76. The summed E-state index contributed by atoms with van der Waals surface area (Å²) in [7, 11) is 1.53. The van der Waals surface area contributed by atoms with Crippen molar-refractivity contribution >= 4 is 11.7 Å². The molecule has 140 valence electrons. The van der Waals surface area contributed by atoms with Crippen LogP contribution in [0.3, 0.4) is 0 Å². The number of methoxy groups -OCH3 is 1. The van der Waals surface area contributed by atoms with Gasteiger partial charge in [0, 0.05) is 0 Å². The molecular weight excluding hydrogens is 359 g/mol. The molecule has 0 atom stereocenters. The molecule has 0 bridgehead atoms. The summed E-state index contributed by atoms with van der Waals surface area (Å²) in [6.07, 6.45) is -4.64. The summed E-state index contributed by atoms with van der Waals surface area (Å²) < 4.78 is 45.0. The van der Waals surface area contributed by atoms with Gasteiger partial charge in [-0.2, -0.15) is 18.3 Å². The smallest absolute Gasteiger partial charge is 0.433 e. The van der Waals surface area contributed by atoms with E-state index < -0.39 is 17.8 Å². The van der Waals surface area contributed by atoms with Gasteiger partial charge in [-0.1, -0.05) is 42.5 Å². The number of hydrogen-bond donors (Lipinski definition) is 2. The number of amides is 1. The van der Waals surface area contributed by atoms with E-state index in [4.69, 9.17) is 4.74 Å². The molecule has 0 spiro atoms. The number of nitrogens with one attached hydrogen (secondary N) is 2. The summed E-state index contributed by atoms with van der Waals surface area (Å²) in [5.41, 5.74) is -0.195. The summed E-state index contributed by atoms with van der Waals surface area (Å²) in [4.78, 5) is 12.3. The fourth-order valence-electron chi connectivity index (χ4n) is 2.63. The van der Waals surface area contributed by atoms with Crippen LogP contribution >= 0.6 is 0 Å². The minimum atomic E-state index is -4.63. The van der Waals surface area contributed by atoms with Gasteiger partial charge in [0.25, 0.3) is 0 Å². The maximum atomic E-state index is 13.3. The highest BCUT2D eigenvalue weighted by Gasteiger charge is 2.38. The molecule has 0 saturated heterocycles. The molecule has 1 amide bonds. The van der Waals surface area contributed by atoms with Crippen molar-refractivity contribution in [2.24, 2.45) is 0 Å². The lowest BCUT2D eigenvalue weighted by molar-refractivity contribution is -0.140. The van der Waals surface area contributed by atoms with E-state index >= 15 is 0 Å². The Morgan fingerprint density at radius 3 is 2.37 bits per heavy atom. The number of aromatic nitrogens is 2. The summed E-state index contributed by atoms with van der Waals surface area (Å²) in [6.45, 7) is 0. The fraction of sp³-hybridized carbons (Fsp3) is 0.158. The lowest BCUT2D eigenvalue weighted by atomic mass is 10.0. The molecule has 0 saturated carbocycles. The van der Waals surface area contributed by atoms with Crippen LogP contribution in [0.25, 0.3) is 11.1 Å². The number of carbonyl (C=O) groups is 1. The maximum Gasteiger partial charge on any atom is 0.433 e. The maximum absolute atomic E-state index is 13.3. The molecular formula is C19H16F3N3O2. The van der Waals surface area contributed by atoms with Crippen LogP contribution in [0.5, 0.6) is 5.75 Å². The summed E-state index contributed by atoms with van der Waals surface area (Å²) in [6, 6.07) is 14.8. The van der Waals surface area contributed by atoms with Crippen LogP contribution in [-0.4, -0.2) is 23.2 Å². The van der Waals surface area contributed by atoms with Crippen molar-refractivity contribution in [2.45, 2.75) is 12.6 Å². The molecule has 3 aromatic rings. The standard InChI is InChI=1S/C19H16F3N3O2/c1-27-14-9-7-12(8-10-14)11-15(26)23-18-16(13-5-3-2-4-6-13)17(24-25-18)19(20,21)22/h2-10H,11H2,1H3,(H2,23,24,25,26). The molecule has 8 heteroatoms. The summed E-state index contributed by atoms with van der Waals surface area (Å²) in [5, 5.41) is 8.13. The van der Waals surface area contributed by atoms with Gasteiger partial charge < -0.3 is 10.1 Å². The van der Waals surface area contributed by atoms with E-state index in [1.54, 1.807) is 42.5 Å². The molecule has 5 nitrogen and oxygen atoms in total. The number of hydrogen-bond acceptors (Lipinski definition) is 3. The first-order valence-corrected chi connectivity index (χ1v) is 8.02. The SMILES string of the molecule is COc1ccc(CC(=O)Nc2n[nH]c(C(F)(F)F)c2-c2ccccc2)cc1. The van der Waals surface area contributed by atoms with Crippen LogP contribution in [0, 0.1) is 0 Å². The lowest BCUT2D eigenvalue weighted by Crippen LogP contribution is -2.15. The predicted octanol–water partition coefficient (Wildman–Crippen LogP) is 4.29. The molecule has 1 aromatic heterocycles. The Morgan fingerprint density at radius 1 is 1.11 bits per heavy atom. The van der Waals surface area contributed by atoms with Crippen LogP contribution in [0.1, 0.15) is 11.3 Å². The van der Waals surface area contributed by atoms with Crippen molar-refractivity contribution in [3.8, 4) is 16.9 Å². The summed E-state index contributed by atoms with van der Waals surface area (Å²) >= 11 is 0. The lowest BCUT2D eigenvalue weighted by Gasteiger charge is -2.10. The average molecular weight is 375 g/mol. The second kappa shape index (κ2) is 7.53. The molecule has 1 heterocycles. The molecule has 0 aliphatic carbocycles. The van der Waals surface area contributed by atoms with Gasteiger partial charge in [0.05, 0.1) is 19.1 Å². The highest BCUT2D eigenvalue weighted by molar-refractivity contribution is 5.95. The molecule has 0 aliphatic heterocycles. The highest BCUT2D eigenvalue weighted by atomic mass is 19.4. The number of ether oxygens (including phenoxy) is 1. The largest absolute Gasteiger partial charge is 0.497 e. The van der Waals surface area contributed by atoms with Gasteiger partial charge in [-0.15, -0.1) is 0 Å². The van der Waals surface area contributed by atoms with Gasteiger partial charge in [-0.25, -0.2) is 0 Å². The van der Waals surface area contributed by atoms with E-state index in [9.17, 15) is 18.0 Å². The first kappa shape index (κ1) is 18.5. The quantitative estimate of drug-likeness (QED) is 0.699. The Kier molecular flexibility index (Phi) is 5.16. The third-order valence-corrected chi connectivity index (χ3v) is 3.89. The molecule has 2 aromatic carbocycles. The Balaban J connectivity index is 1.86. The monoisotopic (exact) mass is 375 g/mol. The van der Waals surface area contributed by atoms with Crippen molar-refractivity contribution in [1.29, 1.82) is 0 Å². The number of nitrogens with zero attached hydrogens (tertiary/aromatic N) is 1. The van der Waals surface area contributed by atoms with Crippen LogP contribution < -0.4 is 10.1 Å². The normalized spacial score (nSPS) is 11.3. The van der Waals surface area contributed by atoms with Gasteiger partial charge in [-0.05, 0) is 23.3 Å². The first-order chi connectivity index (χ1) is 12.9. The zero-order valence-corrected chi connectivity index (χ0v) is 14.3. The van der Waals surface area contributed by atoms with Crippen LogP contribution in [-0.2, 0) is 17.4 Å². The van der Waals surface area contributed by atoms with Crippen molar-refractivity contribution in [3.05, 3.63) is 65.9 Å². The zero-order chi connectivity index (χ0) is 19.4. The van der Waals surface area contributed by atoms with E-state index in [1.165, 1.54) is 19.2 Å². The molecule has 27 heavy (non-hydrogen) atoms. The number of halogens is 3. The Bertz CT molecular complexity index is 920. The second-order valence-electron chi connectivity index (χ2n) is 5.76. The number of aromatic amines is 1. The minimum Gasteiger partial charge on any atom is -0.497 e. The topological polar surface area (TPSA) is 67.0 Å². The van der Waals surface area contributed by atoms with Gasteiger partial charge in [-0.3, -0.25) is 9.89 Å². The average Bonchev–Trinajstić information content (AvgIpc) is 3.07. The third kappa shape index (κ3) is 4.28. The Morgan fingerprint density at radius 2 is 1.78 bits per heavy atom. The van der Waals surface area contributed by atoms with Crippen molar-refractivity contribution in [1.82, 2.24) is 10.2 Å². The van der Waals surface area contributed by atoms with Crippen LogP contribution in [0.15, 0.2) is 54.6 Å². The van der Waals surface area contributed by atoms with Gasteiger partial charge in [0.15, 0.2) is 5.82 Å². The first-order valence-electron chi connectivity index (χ1n) is 8.02. The predicted molar refractivity (Wildman–Crippen MR) is 94.4 cm³/mol. The van der Waals surface area contributed by atoms with Crippen molar-refractivity contribution in [3.63, 3.8) is 0 Å². The number of benzene rings is 2. The van der Waals surface area contributed by atoms with Crippen molar-refractivity contribution < 1.29 is 22.7 Å². The Labute approximate surface area is 153 Å². The fourth-order valence-corrected chi connectivity index (χ4v) is 2.63. The molecule has 0 radical (unpaired) electrons. The minimum absolute atomic E-state index is 0.00750. The van der Waals surface area contributed by atoms with Crippen molar-refractivity contribution in [2.75, 3.05) is 12.4 Å². The van der Waals surface area contributed by atoms with Crippen LogP contribution in [0.2, 0.25) is 0 Å². The zero-order valence-electron chi connectivity index (χ0n) is 14.3. The molecule has 0 fully saturated rings. The van der Waals surface area contributed by atoms with Gasteiger partial charge in [0.2, 0.25) is 5.91 Å². The van der Waals surface area contributed by atoms with E-state index in [0.717, 1.165) is 0 Å². The van der Waals surface area contributed by atoms with Gasteiger partial charge in [0.1, 0.15) is 11.4 Å².